The third kappa shape index (κ3) is 4.40. The van der Waals surface area contributed by atoms with Gasteiger partial charge >= 0.3 is 0 Å². The van der Waals surface area contributed by atoms with E-state index in [1.165, 1.54) is 19.4 Å². The molecule has 0 amide bonds. The van der Waals surface area contributed by atoms with Crippen LogP contribution in [0.15, 0.2) is 0 Å². The average Bonchev–Trinajstić information content (AvgIpc) is 3.02. The fourth-order valence-corrected chi connectivity index (χ4v) is 1.59. The highest BCUT2D eigenvalue weighted by atomic mass is 16.5. The van der Waals surface area contributed by atoms with Crippen LogP contribution in [-0.4, -0.2) is 50.3 Å². The van der Waals surface area contributed by atoms with Gasteiger partial charge in [-0.05, 0) is 19.9 Å². The molecule has 1 N–H and O–H groups in total. The number of rotatable bonds is 3. The van der Waals surface area contributed by atoms with Crippen molar-refractivity contribution in [3.63, 3.8) is 0 Å². The Morgan fingerprint density at radius 2 is 2.07 bits per heavy atom. The van der Waals surface area contributed by atoms with Crippen molar-refractivity contribution in [3.8, 4) is 0 Å². The van der Waals surface area contributed by atoms with Crippen molar-refractivity contribution in [3.05, 3.63) is 0 Å². The number of likely N-dealkylation sites (N-methyl/N-ethyl adjacent to an activating group) is 1. The Balaban J connectivity index is 0.000000461. The molecule has 0 aromatic heterocycles. The molecular formula is C11H24N2O. The molecule has 2 rings (SSSR count). The molecule has 2 aliphatic rings. The third-order valence-corrected chi connectivity index (χ3v) is 2.52. The summed E-state index contributed by atoms with van der Waals surface area (Å²) in [7, 11) is 2.17. The van der Waals surface area contributed by atoms with Crippen molar-refractivity contribution in [1.29, 1.82) is 0 Å². The number of nitrogens with one attached hydrogen (secondary N) is 1. The summed E-state index contributed by atoms with van der Waals surface area (Å²) in [4.78, 5) is 2.36. The topological polar surface area (TPSA) is 24.5 Å². The Kier molecular flexibility index (Phi) is 5.45. The van der Waals surface area contributed by atoms with E-state index in [-0.39, 0.29) is 0 Å². The normalized spacial score (nSPS) is 28.1. The van der Waals surface area contributed by atoms with Crippen LogP contribution in [-0.2, 0) is 4.74 Å². The van der Waals surface area contributed by atoms with Crippen LogP contribution in [0.2, 0.25) is 0 Å². The molecule has 1 saturated heterocycles. The summed E-state index contributed by atoms with van der Waals surface area (Å²) >= 11 is 0. The molecular weight excluding hydrogens is 176 g/mol. The van der Waals surface area contributed by atoms with Gasteiger partial charge in [-0.3, -0.25) is 0 Å². The van der Waals surface area contributed by atoms with Gasteiger partial charge < -0.3 is 15.0 Å². The van der Waals surface area contributed by atoms with E-state index in [1.54, 1.807) is 0 Å². The Bertz CT molecular complexity index is 148. The Hall–Kier alpha value is -0.120. The fourth-order valence-electron chi connectivity index (χ4n) is 1.59. The standard InChI is InChI=1S/C9H18N2O.C2H6/c1-11-5-4-10-8(6-11)7-12-9-2-3-9;1-2/h8-10H,2-7H2,1H3;1-2H3. The van der Waals surface area contributed by atoms with Crippen molar-refractivity contribution in [1.82, 2.24) is 10.2 Å². The van der Waals surface area contributed by atoms with Gasteiger partial charge in [0.25, 0.3) is 0 Å². The van der Waals surface area contributed by atoms with Gasteiger partial charge in [-0.1, -0.05) is 13.8 Å². The van der Waals surface area contributed by atoms with Crippen LogP contribution < -0.4 is 5.32 Å². The van der Waals surface area contributed by atoms with Gasteiger partial charge in [-0.15, -0.1) is 0 Å². The zero-order valence-corrected chi connectivity index (χ0v) is 9.75. The molecule has 1 unspecified atom stereocenters. The lowest BCUT2D eigenvalue weighted by molar-refractivity contribution is 0.0769. The molecule has 0 aromatic rings. The zero-order valence-electron chi connectivity index (χ0n) is 9.75. The van der Waals surface area contributed by atoms with E-state index in [0.717, 1.165) is 19.7 Å². The fraction of sp³-hybridized carbons (Fsp3) is 1.00. The molecule has 1 saturated carbocycles. The molecule has 3 nitrogen and oxygen atoms in total. The first-order valence-electron chi connectivity index (χ1n) is 5.88. The summed E-state index contributed by atoms with van der Waals surface area (Å²) in [6.45, 7) is 8.30. The molecule has 1 aliphatic carbocycles. The van der Waals surface area contributed by atoms with Crippen molar-refractivity contribution >= 4 is 0 Å². The van der Waals surface area contributed by atoms with Crippen LogP contribution in [0.3, 0.4) is 0 Å². The zero-order chi connectivity index (χ0) is 10.4. The summed E-state index contributed by atoms with van der Waals surface area (Å²) in [5.41, 5.74) is 0. The molecule has 0 radical (unpaired) electrons. The highest BCUT2D eigenvalue weighted by molar-refractivity contribution is 4.79. The molecule has 0 spiro atoms. The number of hydrogen-bond donors (Lipinski definition) is 1. The van der Waals surface area contributed by atoms with Crippen molar-refractivity contribution in [2.45, 2.75) is 38.8 Å². The first-order chi connectivity index (χ1) is 6.84. The minimum atomic E-state index is 0.560. The van der Waals surface area contributed by atoms with Crippen molar-refractivity contribution in [2.24, 2.45) is 0 Å². The molecule has 0 aromatic carbocycles. The largest absolute Gasteiger partial charge is 0.377 e. The van der Waals surface area contributed by atoms with Gasteiger partial charge in [0.1, 0.15) is 0 Å². The van der Waals surface area contributed by atoms with E-state index < -0.39 is 0 Å². The first-order valence-corrected chi connectivity index (χ1v) is 5.88. The van der Waals surface area contributed by atoms with Gasteiger partial charge in [-0.25, -0.2) is 0 Å². The predicted molar refractivity (Wildman–Crippen MR) is 59.6 cm³/mol. The molecule has 84 valence electrons. The molecule has 1 aliphatic heterocycles. The molecule has 1 atom stereocenters. The summed E-state index contributed by atoms with van der Waals surface area (Å²) in [6, 6.07) is 0.560. The molecule has 14 heavy (non-hydrogen) atoms. The predicted octanol–water partition coefficient (Wildman–Crippen LogP) is 1.10. The maximum absolute atomic E-state index is 5.65. The molecule has 3 heteroatoms. The van der Waals surface area contributed by atoms with E-state index in [9.17, 15) is 0 Å². The molecule has 1 heterocycles. The summed E-state index contributed by atoms with van der Waals surface area (Å²) < 4.78 is 5.65. The quantitative estimate of drug-likeness (QED) is 0.738. The summed E-state index contributed by atoms with van der Waals surface area (Å²) in [5, 5.41) is 3.47. The summed E-state index contributed by atoms with van der Waals surface area (Å²) in [6.07, 6.45) is 3.16. The second-order valence-corrected chi connectivity index (χ2v) is 3.95. The van der Waals surface area contributed by atoms with Crippen LogP contribution in [0.1, 0.15) is 26.7 Å². The Labute approximate surface area is 87.8 Å². The number of piperazine rings is 1. The molecule has 2 fully saturated rings. The smallest absolute Gasteiger partial charge is 0.0635 e. The minimum absolute atomic E-state index is 0.560. The van der Waals surface area contributed by atoms with E-state index >= 15 is 0 Å². The Morgan fingerprint density at radius 3 is 2.64 bits per heavy atom. The third-order valence-electron chi connectivity index (χ3n) is 2.52. The SMILES string of the molecule is CC.CN1CCNC(COC2CC2)C1. The first kappa shape index (κ1) is 12.0. The highest BCUT2D eigenvalue weighted by Crippen LogP contribution is 2.23. The number of nitrogens with zero attached hydrogens (tertiary/aromatic N) is 1. The summed E-state index contributed by atoms with van der Waals surface area (Å²) in [5.74, 6) is 0. The van der Waals surface area contributed by atoms with E-state index in [0.29, 0.717) is 12.1 Å². The molecule has 0 bridgehead atoms. The van der Waals surface area contributed by atoms with Gasteiger partial charge in [-0.2, -0.15) is 0 Å². The van der Waals surface area contributed by atoms with E-state index in [2.05, 4.69) is 17.3 Å². The van der Waals surface area contributed by atoms with Gasteiger partial charge in [0.2, 0.25) is 0 Å². The minimum Gasteiger partial charge on any atom is -0.377 e. The van der Waals surface area contributed by atoms with E-state index in [4.69, 9.17) is 4.74 Å². The van der Waals surface area contributed by atoms with Crippen LogP contribution in [0.5, 0.6) is 0 Å². The van der Waals surface area contributed by atoms with Crippen LogP contribution >= 0.6 is 0 Å². The van der Waals surface area contributed by atoms with Crippen molar-refractivity contribution in [2.75, 3.05) is 33.3 Å². The van der Waals surface area contributed by atoms with Gasteiger partial charge in [0.15, 0.2) is 0 Å². The van der Waals surface area contributed by atoms with Crippen LogP contribution in [0.4, 0.5) is 0 Å². The second-order valence-electron chi connectivity index (χ2n) is 3.95. The number of hydrogen-bond acceptors (Lipinski definition) is 3. The lowest BCUT2D eigenvalue weighted by Crippen LogP contribution is -2.51. The van der Waals surface area contributed by atoms with Gasteiger partial charge in [0.05, 0.1) is 12.7 Å². The average molecular weight is 200 g/mol. The lowest BCUT2D eigenvalue weighted by atomic mass is 10.2. The van der Waals surface area contributed by atoms with Crippen molar-refractivity contribution < 1.29 is 4.74 Å². The Morgan fingerprint density at radius 1 is 1.36 bits per heavy atom. The maximum Gasteiger partial charge on any atom is 0.0635 e. The number of ether oxygens (including phenoxy) is 1. The monoisotopic (exact) mass is 200 g/mol. The van der Waals surface area contributed by atoms with Crippen LogP contribution in [0, 0.1) is 0 Å². The highest BCUT2D eigenvalue weighted by Gasteiger charge is 2.24. The second kappa shape index (κ2) is 6.38. The lowest BCUT2D eigenvalue weighted by Gasteiger charge is -2.30. The van der Waals surface area contributed by atoms with Gasteiger partial charge in [0, 0.05) is 25.7 Å². The van der Waals surface area contributed by atoms with E-state index in [1.807, 2.05) is 13.8 Å². The maximum atomic E-state index is 5.65. The van der Waals surface area contributed by atoms with Crippen LogP contribution in [0.25, 0.3) is 0 Å².